The van der Waals surface area contributed by atoms with Crippen molar-refractivity contribution in [2.45, 2.75) is 13.8 Å². The summed E-state index contributed by atoms with van der Waals surface area (Å²) in [4.78, 5) is 6.40. The quantitative estimate of drug-likeness (QED) is 0.742. The number of nitriles is 1. The largest absolute Gasteiger partial charge is 0.397 e. The van der Waals surface area contributed by atoms with Crippen LogP contribution >= 0.6 is 11.3 Å². The van der Waals surface area contributed by atoms with Gasteiger partial charge in [0.15, 0.2) is 0 Å². The minimum absolute atomic E-state index is 0.250. The van der Waals surface area contributed by atoms with Crippen molar-refractivity contribution in [1.82, 2.24) is 4.98 Å². The van der Waals surface area contributed by atoms with Gasteiger partial charge in [-0.3, -0.25) is 0 Å². The Balaban J connectivity index is 0.000000337. The minimum Gasteiger partial charge on any atom is -0.397 e. The number of aliphatic hydroxyl groups is 1. The Bertz CT molecular complexity index is 485. The summed E-state index contributed by atoms with van der Waals surface area (Å²) in [6.45, 7) is 3.97. The molecule has 15 heavy (non-hydrogen) atoms. The normalized spacial score (nSPS) is 9.20. The molecule has 0 spiro atoms. The van der Waals surface area contributed by atoms with Crippen LogP contribution in [0.5, 0.6) is 0 Å². The van der Waals surface area contributed by atoms with Gasteiger partial charge in [-0.25, -0.2) is 4.98 Å². The van der Waals surface area contributed by atoms with Crippen LogP contribution in [0.4, 0.5) is 0 Å². The van der Waals surface area contributed by atoms with Gasteiger partial charge in [-0.05, 0) is 26.0 Å². The van der Waals surface area contributed by atoms with Crippen LogP contribution in [0.2, 0.25) is 0 Å². The molecule has 78 valence electrons. The summed E-state index contributed by atoms with van der Waals surface area (Å²) in [5.74, 6) is 0. The number of hydrogen-bond acceptors (Lipinski definition) is 4. The molecule has 0 amide bonds. The Labute approximate surface area is 92.6 Å². The number of thiophene rings is 1. The smallest absolute Gasteiger partial charge is 0.123 e. The Morgan fingerprint density at radius 2 is 2.20 bits per heavy atom. The van der Waals surface area contributed by atoms with Crippen LogP contribution in [0.1, 0.15) is 17.4 Å². The Kier molecular flexibility index (Phi) is 4.22. The number of aryl methyl sites for hydroxylation is 1. The number of aromatic nitrogens is 1. The van der Waals surface area contributed by atoms with Gasteiger partial charge in [0, 0.05) is 23.1 Å². The number of hydrogen-bond donors (Lipinski definition) is 1. The van der Waals surface area contributed by atoms with Gasteiger partial charge in [0.05, 0.1) is 5.56 Å². The fraction of sp³-hybridized carbons (Fsp3) is 0.273. The summed E-state index contributed by atoms with van der Waals surface area (Å²) in [6.07, 6.45) is 1.61. The zero-order valence-electron chi connectivity index (χ0n) is 8.69. The van der Waals surface area contributed by atoms with Crippen LogP contribution in [-0.2, 0) is 0 Å². The van der Waals surface area contributed by atoms with E-state index in [-0.39, 0.29) is 6.61 Å². The number of fused-ring (bicyclic) bond motifs is 1. The maximum Gasteiger partial charge on any atom is 0.123 e. The lowest BCUT2D eigenvalue weighted by Crippen LogP contribution is -1.75. The van der Waals surface area contributed by atoms with Gasteiger partial charge in [-0.1, -0.05) is 0 Å². The lowest BCUT2D eigenvalue weighted by molar-refractivity contribution is 0.318. The second-order valence-corrected chi connectivity index (χ2v) is 4.14. The molecular weight excluding hydrogens is 208 g/mol. The third-order valence-corrected chi connectivity index (χ3v) is 2.60. The maximum atomic E-state index is 8.62. The van der Waals surface area contributed by atoms with Gasteiger partial charge in [0.2, 0.25) is 0 Å². The van der Waals surface area contributed by atoms with Gasteiger partial charge in [0.25, 0.3) is 0 Å². The van der Waals surface area contributed by atoms with Crippen molar-refractivity contribution in [3.63, 3.8) is 0 Å². The average molecular weight is 220 g/mol. The Morgan fingerprint density at radius 1 is 1.53 bits per heavy atom. The molecule has 3 nitrogen and oxygen atoms in total. The second kappa shape index (κ2) is 5.44. The lowest BCUT2D eigenvalue weighted by atomic mass is 10.2. The predicted molar refractivity (Wildman–Crippen MR) is 61.8 cm³/mol. The molecule has 2 aromatic rings. The molecule has 2 heterocycles. The van der Waals surface area contributed by atoms with Crippen LogP contribution in [-0.4, -0.2) is 16.7 Å². The molecule has 4 heteroatoms. The zero-order chi connectivity index (χ0) is 11.3. The number of rotatable bonds is 0. The van der Waals surface area contributed by atoms with Crippen LogP contribution in [0.3, 0.4) is 0 Å². The molecule has 0 aliphatic carbocycles. The summed E-state index contributed by atoms with van der Waals surface area (Å²) in [6, 6.07) is 5.99. The van der Waals surface area contributed by atoms with E-state index in [1.807, 2.05) is 19.1 Å². The molecule has 1 N–H and O–H groups in total. The molecule has 2 rings (SSSR count). The van der Waals surface area contributed by atoms with Gasteiger partial charge in [-0.15, -0.1) is 11.3 Å². The van der Waals surface area contributed by atoms with E-state index in [0.717, 1.165) is 10.2 Å². The number of aliphatic hydroxyl groups excluding tert-OH is 1. The fourth-order valence-corrected chi connectivity index (χ4v) is 1.95. The van der Waals surface area contributed by atoms with Gasteiger partial charge in [0.1, 0.15) is 10.9 Å². The van der Waals surface area contributed by atoms with Crippen molar-refractivity contribution in [3.8, 4) is 6.07 Å². The molecule has 0 unspecified atom stereocenters. The van der Waals surface area contributed by atoms with Gasteiger partial charge in [-0.2, -0.15) is 5.26 Å². The third kappa shape index (κ3) is 3.01. The molecule has 2 aromatic heterocycles. The first-order valence-electron chi connectivity index (χ1n) is 4.58. The van der Waals surface area contributed by atoms with E-state index in [0.29, 0.717) is 5.56 Å². The molecule has 0 aliphatic heterocycles. The first-order valence-corrected chi connectivity index (χ1v) is 5.40. The molecule has 0 radical (unpaired) electrons. The standard InChI is InChI=1S/C9H6N2S.C2H6O/c1-6-2-8-3-7(4-10)5-11-9(8)12-6;1-2-3/h2-3,5H,1H3;3H,2H2,1H3. The highest BCUT2D eigenvalue weighted by molar-refractivity contribution is 7.18. The van der Waals surface area contributed by atoms with E-state index in [1.54, 1.807) is 24.5 Å². The van der Waals surface area contributed by atoms with Crippen LogP contribution in [0, 0.1) is 18.3 Å². The van der Waals surface area contributed by atoms with Crippen LogP contribution < -0.4 is 0 Å². The highest BCUT2D eigenvalue weighted by atomic mass is 32.1. The number of pyridine rings is 1. The second-order valence-electron chi connectivity index (χ2n) is 2.90. The number of nitrogens with zero attached hydrogens (tertiary/aromatic N) is 2. The third-order valence-electron chi connectivity index (χ3n) is 1.62. The van der Waals surface area contributed by atoms with Gasteiger partial charge >= 0.3 is 0 Å². The first-order chi connectivity index (χ1) is 7.21. The zero-order valence-corrected chi connectivity index (χ0v) is 9.51. The van der Waals surface area contributed by atoms with E-state index in [1.165, 1.54) is 4.88 Å². The van der Waals surface area contributed by atoms with E-state index < -0.39 is 0 Å². The summed E-state index contributed by atoms with van der Waals surface area (Å²) in [7, 11) is 0. The van der Waals surface area contributed by atoms with Crippen molar-refractivity contribution in [2.24, 2.45) is 0 Å². The molecular formula is C11H12N2OS. The summed E-state index contributed by atoms with van der Waals surface area (Å²) >= 11 is 1.65. The molecule has 0 aromatic carbocycles. The fourth-order valence-electron chi connectivity index (χ4n) is 1.12. The van der Waals surface area contributed by atoms with E-state index in [9.17, 15) is 0 Å². The SMILES string of the molecule is CCO.Cc1cc2cc(C#N)cnc2s1. The van der Waals surface area contributed by atoms with E-state index in [2.05, 4.69) is 11.1 Å². The van der Waals surface area contributed by atoms with E-state index in [4.69, 9.17) is 10.4 Å². The monoisotopic (exact) mass is 220 g/mol. The predicted octanol–water partition coefficient (Wildman–Crippen LogP) is 2.48. The maximum absolute atomic E-state index is 8.62. The Morgan fingerprint density at radius 3 is 2.80 bits per heavy atom. The first kappa shape index (κ1) is 11.6. The summed E-state index contributed by atoms with van der Waals surface area (Å²) in [5.41, 5.74) is 0.625. The molecule has 0 fully saturated rings. The lowest BCUT2D eigenvalue weighted by Gasteiger charge is -1.87. The topological polar surface area (TPSA) is 56.9 Å². The molecule has 0 bridgehead atoms. The minimum atomic E-state index is 0.250. The average Bonchev–Trinajstić information content (AvgIpc) is 2.57. The van der Waals surface area contributed by atoms with Crippen molar-refractivity contribution in [2.75, 3.05) is 6.61 Å². The molecule has 0 saturated heterocycles. The van der Waals surface area contributed by atoms with Crippen molar-refractivity contribution >= 4 is 21.6 Å². The van der Waals surface area contributed by atoms with Crippen LogP contribution in [0.25, 0.3) is 10.2 Å². The van der Waals surface area contributed by atoms with Crippen LogP contribution in [0.15, 0.2) is 18.3 Å². The highest BCUT2D eigenvalue weighted by Gasteiger charge is 1.99. The molecule has 0 aliphatic rings. The van der Waals surface area contributed by atoms with Gasteiger partial charge < -0.3 is 5.11 Å². The Hall–Kier alpha value is -1.44. The van der Waals surface area contributed by atoms with Crippen molar-refractivity contribution in [3.05, 3.63) is 28.8 Å². The van der Waals surface area contributed by atoms with E-state index >= 15 is 0 Å². The molecule has 0 saturated carbocycles. The van der Waals surface area contributed by atoms with Crippen molar-refractivity contribution in [1.29, 1.82) is 5.26 Å². The summed E-state index contributed by atoms with van der Waals surface area (Å²) < 4.78 is 0. The highest BCUT2D eigenvalue weighted by Crippen LogP contribution is 2.22. The summed E-state index contributed by atoms with van der Waals surface area (Å²) in [5, 5.41) is 17.3. The van der Waals surface area contributed by atoms with Crippen molar-refractivity contribution < 1.29 is 5.11 Å². The molecule has 0 atom stereocenters.